The average molecular weight is 372 g/mol. The minimum absolute atomic E-state index is 0.865. The van der Waals surface area contributed by atoms with Gasteiger partial charge in [-0.3, -0.25) is 0 Å². The lowest BCUT2D eigenvalue weighted by Gasteiger charge is -2.00. The van der Waals surface area contributed by atoms with Crippen LogP contribution in [0.3, 0.4) is 0 Å². The van der Waals surface area contributed by atoms with Gasteiger partial charge in [-0.1, -0.05) is 48.6 Å². The lowest BCUT2D eigenvalue weighted by molar-refractivity contribution is 0.414. The third kappa shape index (κ3) is 4.01. The Labute approximate surface area is 163 Å². The molecular weight excluding hydrogens is 352 g/mol. The minimum Gasteiger partial charge on any atom is -0.497 e. The van der Waals surface area contributed by atoms with Crippen molar-refractivity contribution >= 4 is 17.4 Å². The van der Waals surface area contributed by atoms with Crippen LogP contribution in [0, 0.1) is 0 Å². The average Bonchev–Trinajstić information content (AvgIpc) is 3.39. The van der Waals surface area contributed by atoms with Crippen molar-refractivity contribution in [3.8, 4) is 22.0 Å². The van der Waals surface area contributed by atoms with Crippen LogP contribution < -0.4 is 4.74 Å². The summed E-state index contributed by atoms with van der Waals surface area (Å²) in [5.74, 6) is 0.881. The summed E-state index contributed by atoms with van der Waals surface area (Å²) in [6.07, 6.45) is 7.30. The Hall–Kier alpha value is -3.11. The quantitative estimate of drug-likeness (QED) is 0.423. The predicted octanol–water partition coefficient (Wildman–Crippen LogP) is 5.87. The topological polar surface area (TPSA) is 27.1 Å². The molecule has 0 aliphatic heterocycles. The zero-order valence-corrected chi connectivity index (χ0v) is 15.9. The number of nitrogens with zero attached hydrogens (tertiary/aromatic N) is 2. The van der Waals surface area contributed by atoms with Crippen LogP contribution in [0.25, 0.3) is 22.3 Å². The summed E-state index contributed by atoms with van der Waals surface area (Å²) in [7, 11) is 1.69. The van der Waals surface area contributed by atoms with E-state index in [2.05, 4.69) is 60.1 Å². The fraction of sp³-hybridized carbons (Fsp3) is 0.0870. The number of para-hydroxylation sites is 1. The molecule has 0 radical (unpaired) electrons. The third-order valence-corrected chi connectivity index (χ3v) is 5.20. The zero-order valence-electron chi connectivity index (χ0n) is 15.1. The molecular formula is C23H20N2OS. The van der Waals surface area contributed by atoms with E-state index in [0.717, 1.165) is 29.1 Å². The fourth-order valence-corrected chi connectivity index (χ4v) is 3.64. The van der Waals surface area contributed by atoms with Crippen LogP contribution in [-0.2, 0) is 6.42 Å². The second-order valence-corrected chi connectivity index (χ2v) is 7.09. The monoisotopic (exact) mass is 372 g/mol. The van der Waals surface area contributed by atoms with Crippen molar-refractivity contribution < 1.29 is 4.74 Å². The maximum Gasteiger partial charge on any atom is 0.118 e. The molecule has 27 heavy (non-hydrogen) atoms. The van der Waals surface area contributed by atoms with Crippen LogP contribution in [0.1, 0.15) is 11.1 Å². The van der Waals surface area contributed by atoms with Crippen LogP contribution in [0.5, 0.6) is 5.75 Å². The Morgan fingerprint density at radius 2 is 1.81 bits per heavy atom. The third-order valence-electron chi connectivity index (χ3n) is 4.33. The summed E-state index contributed by atoms with van der Waals surface area (Å²) in [6.45, 7) is 0. The summed E-state index contributed by atoms with van der Waals surface area (Å²) < 4.78 is 7.16. The van der Waals surface area contributed by atoms with Gasteiger partial charge < -0.3 is 4.74 Å². The predicted molar refractivity (Wildman–Crippen MR) is 113 cm³/mol. The van der Waals surface area contributed by atoms with Gasteiger partial charge in [0.15, 0.2) is 0 Å². The molecule has 2 aromatic heterocycles. The van der Waals surface area contributed by atoms with Gasteiger partial charge in [-0.2, -0.15) is 5.10 Å². The first-order valence-electron chi connectivity index (χ1n) is 8.82. The van der Waals surface area contributed by atoms with Gasteiger partial charge in [-0.25, -0.2) is 4.68 Å². The molecule has 2 aromatic carbocycles. The van der Waals surface area contributed by atoms with Crippen molar-refractivity contribution in [1.82, 2.24) is 9.78 Å². The number of methoxy groups -OCH3 is 1. The summed E-state index contributed by atoms with van der Waals surface area (Å²) in [4.78, 5) is 1.17. The van der Waals surface area contributed by atoms with Gasteiger partial charge in [-0.15, -0.1) is 11.3 Å². The summed E-state index contributed by atoms with van der Waals surface area (Å²) in [6, 6.07) is 22.6. The van der Waals surface area contributed by atoms with E-state index in [1.54, 1.807) is 18.4 Å². The zero-order chi connectivity index (χ0) is 18.5. The number of aromatic nitrogens is 2. The molecule has 0 saturated heterocycles. The lowest BCUT2D eigenvalue weighted by Crippen LogP contribution is -1.93. The number of hydrogen-bond acceptors (Lipinski definition) is 3. The standard InChI is InChI=1S/C23H20N2OS/c1-26-21-14-12-18(13-15-21)7-5-8-19-17-25(20-9-3-2-4-10-20)24-23(19)22-11-6-16-27-22/h2-6,8-17H,7H2,1H3/b8-5+. The van der Waals surface area contributed by atoms with Gasteiger partial charge in [0.05, 0.1) is 17.7 Å². The highest BCUT2D eigenvalue weighted by molar-refractivity contribution is 7.13. The molecule has 4 heteroatoms. The molecule has 4 rings (SSSR count). The molecule has 0 bridgehead atoms. The Morgan fingerprint density at radius 3 is 2.52 bits per heavy atom. The largest absolute Gasteiger partial charge is 0.497 e. The van der Waals surface area contributed by atoms with E-state index in [1.807, 2.05) is 35.0 Å². The number of rotatable bonds is 6. The maximum atomic E-state index is 5.22. The molecule has 134 valence electrons. The normalized spacial score (nSPS) is 11.1. The number of allylic oxidation sites excluding steroid dienone is 1. The van der Waals surface area contributed by atoms with E-state index < -0.39 is 0 Å². The van der Waals surface area contributed by atoms with Crippen molar-refractivity contribution in [2.45, 2.75) is 6.42 Å². The highest BCUT2D eigenvalue weighted by atomic mass is 32.1. The van der Waals surface area contributed by atoms with Gasteiger partial charge in [0, 0.05) is 11.8 Å². The van der Waals surface area contributed by atoms with Crippen molar-refractivity contribution in [2.24, 2.45) is 0 Å². The highest BCUT2D eigenvalue weighted by Gasteiger charge is 2.11. The first kappa shape index (κ1) is 17.3. The van der Waals surface area contributed by atoms with Gasteiger partial charge in [0.2, 0.25) is 0 Å². The van der Waals surface area contributed by atoms with E-state index in [0.29, 0.717) is 0 Å². The van der Waals surface area contributed by atoms with E-state index in [1.165, 1.54) is 10.4 Å². The Morgan fingerprint density at radius 1 is 1.00 bits per heavy atom. The summed E-state index contributed by atoms with van der Waals surface area (Å²) >= 11 is 1.71. The van der Waals surface area contributed by atoms with E-state index in [9.17, 15) is 0 Å². The van der Waals surface area contributed by atoms with E-state index >= 15 is 0 Å². The first-order valence-corrected chi connectivity index (χ1v) is 9.70. The first-order chi connectivity index (χ1) is 13.3. The van der Waals surface area contributed by atoms with Crippen molar-refractivity contribution in [3.05, 3.63) is 95.5 Å². The van der Waals surface area contributed by atoms with Crippen LogP contribution in [0.2, 0.25) is 0 Å². The van der Waals surface area contributed by atoms with Gasteiger partial charge in [0.25, 0.3) is 0 Å². The van der Waals surface area contributed by atoms with Crippen LogP contribution in [0.4, 0.5) is 0 Å². The molecule has 0 saturated carbocycles. The van der Waals surface area contributed by atoms with Gasteiger partial charge in [0.1, 0.15) is 11.4 Å². The molecule has 0 spiro atoms. The molecule has 0 fully saturated rings. The fourth-order valence-electron chi connectivity index (χ4n) is 2.91. The summed E-state index contributed by atoms with van der Waals surface area (Å²) in [5, 5.41) is 6.92. The number of benzene rings is 2. The molecule has 0 unspecified atom stereocenters. The maximum absolute atomic E-state index is 5.22. The van der Waals surface area contributed by atoms with Crippen molar-refractivity contribution in [2.75, 3.05) is 7.11 Å². The SMILES string of the molecule is COc1ccc(C/C=C/c2cn(-c3ccccc3)nc2-c2cccs2)cc1. The Bertz CT molecular complexity index is 1020. The molecule has 3 nitrogen and oxygen atoms in total. The molecule has 4 aromatic rings. The van der Waals surface area contributed by atoms with E-state index in [4.69, 9.17) is 9.84 Å². The summed E-state index contributed by atoms with van der Waals surface area (Å²) in [5.41, 5.74) is 4.44. The Kier molecular flexibility index (Phi) is 5.17. The molecule has 0 atom stereocenters. The van der Waals surface area contributed by atoms with Crippen LogP contribution >= 0.6 is 11.3 Å². The molecule has 0 N–H and O–H groups in total. The van der Waals surface area contributed by atoms with E-state index in [-0.39, 0.29) is 0 Å². The number of ether oxygens (including phenoxy) is 1. The number of hydrogen-bond donors (Lipinski definition) is 0. The Balaban J connectivity index is 1.61. The number of thiophene rings is 1. The van der Waals surface area contributed by atoms with Gasteiger partial charge in [-0.05, 0) is 47.7 Å². The minimum atomic E-state index is 0.865. The van der Waals surface area contributed by atoms with Crippen molar-refractivity contribution in [3.63, 3.8) is 0 Å². The lowest BCUT2D eigenvalue weighted by atomic mass is 10.1. The molecule has 2 heterocycles. The second-order valence-electron chi connectivity index (χ2n) is 6.15. The molecule has 0 aliphatic carbocycles. The molecule has 0 amide bonds. The van der Waals surface area contributed by atoms with Crippen LogP contribution in [-0.4, -0.2) is 16.9 Å². The van der Waals surface area contributed by atoms with Crippen LogP contribution in [0.15, 0.2) is 84.4 Å². The molecule has 0 aliphatic rings. The smallest absolute Gasteiger partial charge is 0.118 e. The second kappa shape index (κ2) is 8.06. The highest BCUT2D eigenvalue weighted by Crippen LogP contribution is 2.28. The van der Waals surface area contributed by atoms with Gasteiger partial charge >= 0.3 is 0 Å². The van der Waals surface area contributed by atoms with Crippen molar-refractivity contribution in [1.29, 1.82) is 0 Å².